The Kier molecular flexibility index (Phi) is 2.58. The summed E-state index contributed by atoms with van der Waals surface area (Å²) >= 11 is 0. The largest absolute Gasteiger partial charge is 0.479 e. The monoisotopic (exact) mass is 276 g/mol. The Bertz CT molecular complexity index is 622. The van der Waals surface area contributed by atoms with E-state index in [9.17, 15) is 9.18 Å². The van der Waals surface area contributed by atoms with Gasteiger partial charge in [0, 0.05) is 16.4 Å². The molecule has 4 N–H and O–H groups in total. The third kappa shape index (κ3) is 1.69. The van der Waals surface area contributed by atoms with Crippen LogP contribution in [-0.2, 0) is 10.2 Å². The minimum Gasteiger partial charge on any atom is -0.479 e. The molecule has 1 saturated carbocycles. The highest BCUT2D eigenvalue weighted by molar-refractivity contribution is 5.93. The minimum absolute atomic E-state index is 0.132. The highest BCUT2D eigenvalue weighted by Crippen LogP contribution is 2.62. The van der Waals surface area contributed by atoms with E-state index in [0.29, 0.717) is 23.6 Å². The second kappa shape index (κ2) is 3.98. The number of hydrogen-bond donors (Lipinski definition) is 2. The van der Waals surface area contributed by atoms with Crippen LogP contribution >= 0.6 is 0 Å². The standard InChI is InChI=1S/C15H17FN2O2/c1-14(7-12(17)20-8-15(14)4-5-15)10-6-9(13(18)19)2-3-11(10)16/h2-3,6-7H,4-5,8,17H2,1H3,(H2,18,19)/t14-/m1/s1. The van der Waals surface area contributed by atoms with E-state index in [1.165, 1.54) is 18.2 Å². The van der Waals surface area contributed by atoms with Gasteiger partial charge < -0.3 is 16.2 Å². The topological polar surface area (TPSA) is 78.3 Å². The lowest BCUT2D eigenvalue weighted by atomic mass is 9.68. The molecule has 20 heavy (non-hydrogen) atoms. The number of allylic oxidation sites excluding steroid dienone is 1. The summed E-state index contributed by atoms with van der Waals surface area (Å²) in [5.74, 6) is -0.618. The van der Waals surface area contributed by atoms with E-state index in [2.05, 4.69) is 0 Å². The van der Waals surface area contributed by atoms with Gasteiger partial charge in [-0.2, -0.15) is 0 Å². The fraction of sp³-hybridized carbons (Fsp3) is 0.400. The maximum Gasteiger partial charge on any atom is 0.248 e. The van der Waals surface area contributed by atoms with E-state index in [0.717, 1.165) is 12.8 Å². The first kappa shape index (κ1) is 13.0. The summed E-state index contributed by atoms with van der Waals surface area (Å²) in [6.07, 6.45) is 3.66. The molecule has 1 heterocycles. The summed E-state index contributed by atoms with van der Waals surface area (Å²) in [5.41, 5.74) is 11.1. The van der Waals surface area contributed by atoms with Crippen molar-refractivity contribution in [2.45, 2.75) is 25.2 Å². The summed E-state index contributed by atoms with van der Waals surface area (Å²) < 4.78 is 19.7. The molecule has 1 aliphatic carbocycles. The van der Waals surface area contributed by atoms with Gasteiger partial charge in [-0.1, -0.05) is 6.92 Å². The van der Waals surface area contributed by atoms with Crippen LogP contribution in [0.1, 0.15) is 35.7 Å². The van der Waals surface area contributed by atoms with Crippen LogP contribution < -0.4 is 11.5 Å². The van der Waals surface area contributed by atoms with Gasteiger partial charge in [0.25, 0.3) is 0 Å². The Hall–Kier alpha value is -2.04. The van der Waals surface area contributed by atoms with Gasteiger partial charge in [-0.25, -0.2) is 4.39 Å². The predicted octanol–water partition coefficient (Wildman–Crippen LogP) is 1.79. The Morgan fingerprint density at radius 2 is 2.10 bits per heavy atom. The molecule has 1 aliphatic heterocycles. The number of halogens is 1. The van der Waals surface area contributed by atoms with Crippen LogP contribution in [0.4, 0.5) is 4.39 Å². The van der Waals surface area contributed by atoms with E-state index in [1.807, 2.05) is 6.92 Å². The average molecular weight is 276 g/mol. The molecule has 5 heteroatoms. The summed E-state index contributed by atoms with van der Waals surface area (Å²) in [5, 5.41) is 0. The summed E-state index contributed by atoms with van der Waals surface area (Å²) in [7, 11) is 0. The smallest absolute Gasteiger partial charge is 0.248 e. The summed E-state index contributed by atoms with van der Waals surface area (Å²) in [6, 6.07) is 4.22. The first-order chi connectivity index (χ1) is 9.38. The molecule has 4 nitrogen and oxygen atoms in total. The van der Waals surface area contributed by atoms with E-state index in [-0.39, 0.29) is 11.2 Å². The molecule has 0 bridgehead atoms. The molecular weight excluding hydrogens is 259 g/mol. The van der Waals surface area contributed by atoms with Crippen LogP contribution in [0.3, 0.4) is 0 Å². The van der Waals surface area contributed by atoms with Gasteiger partial charge in [-0.15, -0.1) is 0 Å². The average Bonchev–Trinajstić information content (AvgIpc) is 3.16. The first-order valence-electron chi connectivity index (χ1n) is 6.59. The van der Waals surface area contributed by atoms with Crippen molar-refractivity contribution in [3.8, 4) is 0 Å². The molecule has 2 aliphatic rings. The van der Waals surface area contributed by atoms with E-state index in [1.54, 1.807) is 6.08 Å². The number of carbonyl (C=O) groups is 1. The highest BCUT2D eigenvalue weighted by atomic mass is 19.1. The molecule has 1 spiro atoms. The molecule has 0 unspecified atom stereocenters. The third-order valence-corrected chi connectivity index (χ3v) is 4.71. The zero-order chi connectivity index (χ0) is 14.5. The minimum atomic E-state index is -0.578. The van der Waals surface area contributed by atoms with Gasteiger partial charge in [0.2, 0.25) is 5.91 Å². The zero-order valence-corrected chi connectivity index (χ0v) is 11.3. The van der Waals surface area contributed by atoms with Gasteiger partial charge in [0.05, 0.1) is 6.61 Å². The fourth-order valence-corrected chi connectivity index (χ4v) is 3.11. The van der Waals surface area contributed by atoms with Crippen LogP contribution in [0.15, 0.2) is 30.2 Å². The van der Waals surface area contributed by atoms with Gasteiger partial charge in [-0.05, 0) is 42.7 Å². The van der Waals surface area contributed by atoms with Crippen molar-refractivity contribution in [1.29, 1.82) is 0 Å². The maximum absolute atomic E-state index is 14.3. The lowest BCUT2D eigenvalue weighted by Gasteiger charge is -2.40. The number of nitrogens with two attached hydrogens (primary N) is 2. The van der Waals surface area contributed by atoms with Crippen molar-refractivity contribution in [2.75, 3.05) is 6.61 Å². The number of hydrogen-bond acceptors (Lipinski definition) is 3. The van der Waals surface area contributed by atoms with E-state index in [4.69, 9.17) is 16.2 Å². The van der Waals surface area contributed by atoms with Crippen LogP contribution in [0.5, 0.6) is 0 Å². The number of primary amides is 1. The highest BCUT2D eigenvalue weighted by Gasteiger charge is 2.59. The van der Waals surface area contributed by atoms with Gasteiger partial charge in [-0.3, -0.25) is 4.79 Å². The Labute approximate surface area is 116 Å². The van der Waals surface area contributed by atoms with Crippen molar-refractivity contribution in [2.24, 2.45) is 16.9 Å². The fourth-order valence-electron chi connectivity index (χ4n) is 3.11. The van der Waals surface area contributed by atoms with E-state index >= 15 is 0 Å². The molecule has 0 saturated heterocycles. The molecule has 106 valence electrons. The van der Waals surface area contributed by atoms with Crippen molar-refractivity contribution in [3.63, 3.8) is 0 Å². The number of ether oxygens (including phenoxy) is 1. The maximum atomic E-state index is 14.3. The SMILES string of the molecule is C[C@]1(c2cc(C(N)=O)ccc2F)C=C(N)OCC12CC2. The Morgan fingerprint density at radius 3 is 2.70 bits per heavy atom. The van der Waals surface area contributed by atoms with Gasteiger partial charge >= 0.3 is 0 Å². The molecule has 3 rings (SSSR count). The Morgan fingerprint density at radius 1 is 1.40 bits per heavy atom. The van der Waals surface area contributed by atoms with Crippen molar-refractivity contribution >= 4 is 5.91 Å². The van der Waals surface area contributed by atoms with Crippen LogP contribution in [-0.4, -0.2) is 12.5 Å². The number of amides is 1. The molecule has 0 radical (unpaired) electrons. The molecular formula is C15H17FN2O2. The van der Waals surface area contributed by atoms with Crippen molar-refractivity contribution in [1.82, 2.24) is 0 Å². The normalized spacial score (nSPS) is 26.8. The molecule has 1 atom stereocenters. The molecule has 1 fully saturated rings. The predicted molar refractivity (Wildman–Crippen MR) is 72.2 cm³/mol. The number of rotatable bonds is 2. The van der Waals surface area contributed by atoms with Crippen LogP contribution in [0, 0.1) is 11.2 Å². The van der Waals surface area contributed by atoms with Crippen LogP contribution in [0.25, 0.3) is 0 Å². The summed E-state index contributed by atoms with van der Waals surface area (Å²) in [4.78, 5) is 11.3. The third-order valence-electron chi connectivity index (χ3n) is 4.71. The van der Waals surface area contributed by atoms with E-state index < -0.39 is 11.3 Å². The number of benzene rings is 1. The lowest BCUT2D eigenvalue weighted by Crippen LogP contribution is -2.41. The molecule has 1 aromatic carbocycles. The van der Waals surface area contributed by atoms with Gasteiger partial charge in [0.1, 0.15) is 5.82 Å². The molecule has 1 aromatic rings. The quantitative estimate of drug-likeness (QED) is 0.864. The molecule has 0 aromatic heterocycles. The lowest BCUT2D eigenvalue weighted by molar-refractivity contribution is 0.0868. The van der Waals surface area contributed by atoms with Crippen molar-refractivity contribution < 1.29 is 13.9 Å². The summed E-state index contributed by atoms with van der Waals surface area (Å²) in [6.45, 7) is 2.42. The Balaban J connectivity index is 2.17. The first-order valence-corrected chi connectivity index (χ1v) is 6.59. The number of carbonyl (C=O) groups excluding carboxylic acids is 1. The second-order valence-electron chi connectivity index (χ2n) is 5.88. The second-order valence-corrected chi connectivity index (χ2v) is 5.88. The van der Waals surface area contributed by atoms with Gasteiger partial charge in [0.15, 0.2) is 5.88 Å². The van der Waals surface area contributed by atoms with Crippen molar-refractivity contribution in [3.05, 3.63) is 47.1 Å². The van der Waals surface area contributed by atoms with Crippen LogP contribution in [0.2, 0.25) is 0 Å². The molecule has 1 amide bonds. The zero-order valence-electron chi connectivity index (χ0n) is 11.3.